The molecule has 5 aliphatic rings. The Kier molecular flexibility index (Phi) is 4.57. The molecule has 0 radical (unpaired) electrons. The van der Waals surface area contributed by atoms with Crippen LogP contribution in [0.1, 0.15) is 67.1 Å². The van der Waals surface area contributed by atoms with E-state index < -0.39 is 10.8 Å². The highest BCUT2D eigenvalue weighted by atomic mass is 15.2. The van der Waals surface area contributed by atoms with E-state index in [4.69, 9.17) is 0 Å². The minimum absolute atomic E-state index is 0.196. The summed E-state index contributed by atoms with van der Waals surface area (Å²) in [6.45, 7) is 0. The summed E-state index contributed by atoms with van der Waals surface area (Å²) in [5, 5.41) is 0. The first kappa shape index (κ1) is 24.6. The van der Waals surface area contributed by atoms with E-state index >= 15 is 0 Å². The molecule has 7 aromatic rings. The van der Waals surface area contributed by atoms with E-state index in [-0.39, 0.29) is 5.92 Å². The van der Waals surface area contributed by atoms with Gasteiger partial charge in [0.2, 0.25) is 0 Å². The molecule has 0 amide bonds. The quantitative estimate of drug-likeness (QED) is 0.196. The maximum absolute atomic E-state index is 2.61. The highest BCUT2D eigenvalue weighted by molar-refractivity contribution is 5.99. The van der Waals surface area contributed by atoms with Crippen LogP contribution in [0.4, 0.5) is 17.1 Å². The third kappa shape index (κ3) is 2.60. The first-order chi connectivity index (χ1) is 22.9. The lowest BCUT2D eigenvalue weighted by atomic mass is 9.48. The molecule has 0 fully saturated rings. The SMILES string of the molecule is c1ccc(C2(c3ccccc3)c3ccccc3N3c4ccccc4C45c6ccccc6C(c6ccccc64)c4ccc2c3c45)cc1. The van der Waals surface area contributed by atoms with Crippen molar-refractivity contribution in [3.63, 3.8) is 0 Å². The lowest BCUT2D eigenvalue weighted by Crippen LogP contribution is -2.49. The first-order valence-corrected chi connectivity index (χ1v) is 16.3. The van der Waals surface area contributed by atoms with Crippen molar-refractivity contribution in [3.8, 4) is 0 Å². The van der Waals surface area contributed by atoms with Crippen LogP contribution in [0.2, 0.25) is 0 Å². The molecule has 0 unspecified atom stereocenters. The molecule has 46 heavy (non-hydrogen) atoms. The molecule has 214 valence electrons. The maximum Gasteiger partial charge on any atom is 0.0751 e. The van der Waals surface area contributed by atoms with Crippen molar-refractivity contribution in [2.24, 2.45) is 0 Å². The number of para-hydroxylation sites is 2. The molecule has 2 aliphatic heterocycles. The topological polar surface area (TPSA) is 3.24 Å². The van der Waals surface area contributed by atoms with Crippen molar-refractivity contribution in [1.82, 2.24) is 0 Å². The molecule has 0 atom stereocenters. The number of fused-ring (bicyclic) bond motifs is 4. The average molecular weight is 584 g/mol. The lowest BCUT2D eigenvalue weighted by Gasteiger charge is -2.58. The Balaban J connectivity index is 1.40. The Morgan fingerprint density at radius 1 is 0.348 bits per heavy atom. The fourth-order valence-electron chi connectivity index (χ4n) is 9.95. The molecular weight excluding hydrogens is 555 g/mol. The van der Waals surface area contributed by atoms with Crippen LogP contribution in [0.15, 0.2) is 170 Å². The molecule has 0 aromatic heterocycles. The molecule has 7 aromatic carbocycles. The first-order valence-electron chi connectivity index (χ1n) is 16.3. The standard InChI is InChI=1S/C45H29N/c1-3-15-29(16-4-1)44(30-17-5-2-6-18-30)36-23-11-13-25-39(36)46-40-26-14-12-24-37(40)45-34-21-9-7-19-31(34)41(32-20-8-10-22-35(32)45)33-27-28-38(44)43(46)42(33)45/h1-28,41H. The molecule has 1 spiro atoms. The number of benzene rings is 7. The number of hydrogen-bond donors (Lipinski definition) is 0. The van der Waals surface area contributed by atoms with Gasteiger partial charge in [0.05, 0.1) is 27.9 Å². The molecule has 12 rings (SSSR count). The number of anilines is 3. The van der Waals surface area contributed by atoms with E-state index in [1.165, 1.54) is 78.3 Å². The summed E-state index contributed by atoms with van der Waals surface area (Å²) >= 11 is 0. The van der Waals surface area contributed by atoms with Gasteiger partial charge in [-0.15, -0.1) is 0 Å². The number of rotatable bonds is 2. The van der Waals surface area contributed by atoms with Crippen LogP contribution in [0.25, 0.3) is 0 Å². The summed E-state index contributed by atoms with van der Waals surface area (Å²) in [4.78, 5) is 2.61. The molecule has 2 bridgehead atoms. The Morgan fingerprint density at radius 3 is 1.37 bits per heavy atom. The fraction of sp³-hybridized carbons (Fsp3) is 0.0667. The summed E-state index contributed by atoms with van der Waals surface area (Å²) in [5.41, 5.74) is 18.2. The largest absolute Gasteiger partial charge is 0.309 e. The normalized spacial score (nSPS) is 19.7. The predicted molar refractivity (Wildman–Crippen MR) is 186 cm³/mol. The van der Waals surface area contributed by atoms with Gasteiger partial charge in [-0.1, -0.05) is 158 Å². The van der Waals surface area contributed by atoms with Gasteiger partial charge in [-0.3, -0.25) is 0 Å². The van der Waals surface area contributed by atoms with Gasteiger partial charge in [-0.25, -0.2) is 0 Å². The van der Waals surface area contributed by atoms with Gasteiger partial charge < -0.3 is 4.90 Å². The maximum atomic E-state index is 2.61. The molecule has 3 aliphatic carbocycles. The second-order valence-electron chi connectivity index (χ2n) is 13.1. The summed E-state index contributed by atoms with van der Waals surface area (Å²) in [6.07, 6.45) is 0. The molecule has 0 saturated heterocycles. The molecular formula is C45H29N. The van der Waals surface area contributed by atoms with Gasteiger partial charge in [0.25, 0.3) is 0 Å². The molecule has 1 heteroatoms. The van der Waals surface area contributed by atoms with Crippen LogP contribution in [-0.2, 0) is 10.8 Å². The number of nitrogens with zero attached hydrogens (tertiary/aromatic N) is 1. The monoisotopic (exact) mass is 583 g/mol. The van der Waals surface area contributed by atoms with E-state index in [1.807, 2.05) is 0 Å². The molecule has 0 saturated carbocycles. The van der Waals surface area contributed by atoms with E-state index in [2.05, 4.69) is 175 Å². The Hall–Kier alpha value is -5.66. The Bertz CT molecular complexity index is 2290. The van der Waals surface area contributed by atoms with Crippen molar-refractivity contribution < 1.29 is 0 Å². The zero-order valence-electron chi connectivity index (χ0n) is 25.2. The highest BCUT2D eigenvalue weighted by Crippen LogP contribution is 2.71. The Labute approximate surface area is 269 Å². The van der Waals surface area contributed by atoms with Gasteiger partial charge in [0.1, 0.15) is 0 Å². The number of hydrogen-bond acceptors (Lipinski definition) is 1. The Morgan fingerprint density at radius 2 is 0.804 bits per heavy atom. The van der Waals surface area contributed by atoms with Gasteiger partial charge in [0, 0.05) is 11.5 Å². The zero-order valence-corrected chi connectivity index (χ0v) is 25.2. The van der Waals surface area contributed by atoms with Gasteiger partial charge >= 0.3 is 0 Å². The van der Waals surface area contributed by atoms with Crippen molar-refractivity contribution >= 4 is 17.1 Å². The van der Waals surface area contributed by atoms with Crippen LogP contribution in [-0.4, -0.2) is 0 Å². The second-order valence-corrected chi connectivity index (χ2v) is 13.1. The molecule has 1 nitrogen and oxygen atoms in total. The summed E-state index contributed by atoms with van der Waals surface area (Å²) in [5.74, 6) is 0.196. The van der Waals surface area contributed by atoms with Crippen LogP contribution in [0.3, 0.4) is 0 Å². The van der Waals surface area contributed by atoms with Crippen molar-refractivity contribution in [3.05, 3.63) is 231 Å². The third-order valence-electron chi connectivity index (χ3n) is 11.4. The van der Waals surface area contributed by atoms with Gasteiger partial charge in [-0.2, -0.15) is 0 Å². The van der Waals surface area contributed by atoms with Gasteiger partial charge in [-0.05, 0) is 67.8 Å². The summed E-state index contributed by atoms with van der Waals surface area (Å²) < 4.78 is 0. The zero-order chi connectivity index (χ0) is 30.0. The fourth-order valence-corrected chi connectivity index (χ4v) is 9.95. The van der Waals surface area contributed by atoms with E-state index in [0.29, 0.717) is 0 Å². The van der Waals surface area contributed by atoms with Crippen LogP contribution in [0.5, 0.6) is 0 Å². The molecule has 0 N–H and O–H groups in total. The van der Waals surface area contributed by atoms with Gasteiger partial charge in [0.15, 0.2) is 0 Å². The summed E-state index contributed by atoms with van der Waals surface area (Å²) in [6, 6.07) is 64.2. The van der Waals surface area contributed by atoms with Crippen molar-refractivity contribution in [1.29, 1.82) is 0 Å². The summed E-state index contributed by atoms with van der Waals surface area (Å²) in [7, 11) is 0. The van der Waals surface area contributed by atoms with E-state index in [0.717, 1.165) is 0 Å². The second kappa shape index (κ2) is 8.53. The highest BCUT2D eigenvalue weighted by Gasteiger charge is 2.60. The minimum atomic E-state index is -0.497. The van der Waals surface area contributed by atoms with Crippen molar-refractivity contribution in [2.75, 3.05) is 4.90 Å². The smallest absolute Gasteiger partial charge is 0.0751 e. The third-order valence-corrected chi connectivity index (χ3v) is 11.4. The van der Waals surface area contributed by atoms with Crippen LogP contribution >= 0.6 is 0 Å². The predicted octanol–water partition coefficient (Wildman–Crippen LogP) is 10.4. The average Bonchev–Trinajstić information content (AvgIpc) is 3.14. The van der Waals surface area contributed by atoms with Crippen LogP contribution in [0, 0.1) is 0 Å². The lowest BCUT2D eigenvalue weighted by molar-refractivity contribution is 0.611. The van der Waals surface area contributed by atoms with Crippen molar-refractivity contribution in [2.45, 2.75) is 16.7 Å². The van der Waals surface area contributed by atoms with E-state index in [1.54, 1.807) is 0 Å². The minimum Gasteiger partial charge on any atom is -0.309 e. The van der Waals surface area contributed by atoms with Crippen LogP contribution < -0.4 is 4.90 Å². The molecule has 2 heterocycles. The van der Waals surface area contributed by atoms with E-state index in [9.17, 15) is 0 Å².